The molecule has 0 saturated carbocycles. The van der Waals surface area contributed by atoms with E-state index >= 15 is 0 Å². The number of fused-ring (bicyclic) bond motifs is 1. The Balaban J connectivity index is 1.73. The highest BCUT2D eigenvalue weighted by molar-refractivity contribution is 9.10. The van der Waals surface area contributed by atoms with E-state index in [-0.39, 0.29) is 28.9 Å². The van der Waals surface area contributed by atoms with Crippen LogP contribution in [0.25, 0.3) is 0 Å². The second kappa shape index (κ2) is 8.13. The standard InChI is InChI=1S/C22H18BrClN2O3/c23-15-11-9-14(10-12-15)13-25(20(27)18-7-3-4-8-19(18)24)26-21(28)16-5-1-2-6-17(16)22(26)29/h1-4,7-12,16-17H,5-6,13H2/t16-,17+. The van der Waals surface area contributed by atoms with Gasteiger partial charge in [0.15, 0.2) is 0 Å². The highest BCUT2D eigenvalue weighted by atomic mass is 79.9. The number of hydrogen-bond acceptors (Lipinski definition) is 3. The second-order valence-corrected chi connectivity index (χ2v) is 8.44. The summed E-state index contributed by atoms with van der Waals surface area (Å²) < 4.78 is 0.899. The number of amides is 3. The fourth-order valence-corrected chi connectivity index (χ4v) is 4.27. The van der Waals surface area contributed by atoms with Gasteiger partial charge in [0.05, 0.1) is 29.0 Å². The van der Waals surface area contributed by atoms with Crippen LogP contribution in [0.1, 0.15) is 28.8 Å². The van der Waals surface area contributed by atoms with Gasteiger partial charge in [-0.15, -0.1) is 0 Å². The van der Waals surface area contributed by atoms with Crippen molar-refractivity contribution in [2.75, 3.05) is 0 Å². The van der Waals surface area contributed by atoms with E-state index in [1.165, 1.54) is 5.01 Å². The topological polar surface area (TPSA) is 57.7 Å². The van der Waals surface area contributed by atoms with Crippen LogP contribution in [0, 0.1) is 11.8 Å². The molecule has 1 aliphatic carbocycles. The highest BCUT2D eigenvalue weighted by Crippen LogP contribution is 2.37. The molecule has 2 aromatic rings. The Bertz CT molecular complexity index is 979. The van der Waals surface area contributed by atoms with Crippen molar-refractivity contribution in [1.82, 2.24) is 10.0 Å². The lowest BCUT2D eigenvalue weighted by atomic mass is 9.85. The largest absolute Gasteiger partial charge is 0.274 e. The predicted octanol–water partition coefficient (Wildman–Crippen LogP) is 4.61. The zero-order valence-electron chi connectivity index (χ0n) is 15.4. The maximum absolute atomic E-state index is 13.4. The van der Waals surface area contributed by atoms with E-state index in [2.05, 4.69) is 15.9 Å². The molecule has 2 aliphatic rings. The quantitative estimate of drug-likeness (QED) is 0.481. The van der Waals surface area contributed by atoms with Gasteiger partial charge in [0.1, 0.15) is 0 Å². The van der Waals surface area contributed by atoms with Gasteiger partial charge in [-0.25, -0.2) is 5.01 Å². The van der Waals surface area contributed by atoms with Gasteiger partial charge < -0.3 is 0 Å². The number of halogens is 2. The first-order valence-electron chi connectivity index (χ1n) is 9.31. The number of benzene rings is 2. The number of carbonyl (C=O) groups excluding carboxylic acids is 3. The SMILES string of the molecule is O=C(c1ccccc1Cl)N(Cc1ccc(Br)cc1)N1C(=O)[C@H]2CC=CC[C@H]2C1=O. The first-order chi connectivity index (χ1) is 14.0. The molecule has 2 aromatic carbocycles. The first kappa shape index (κ1) is 19.9. The van der Waals surface area contributed by atoms with Crippen LogP contribution in [-0.2, 0) is 16.1 Å². The molecule has 1 heterocycles. The summed E-state index contributed by atoms with van der Waals surface area (Å²) in [6.45, 7) is 0.0850. The molecule has 2 atom stereocenters. The highest BCUT2D eigenvalue weighted by Gasteiger charge is 2.50. The number of carbonyl (C=O) groups is 3. The van der Waals surface area contributed by atoms with Crippen LogP contribution < -0.4 is 0 Å². The Morgan fingerprint density at radius 1 is 1.00 bits per heavy atom. The number of imide groups is 1. The summed E-state index contributed by atoms with van der Waals surface area (Å²) in [5.74, 6) is -1.98. The summed E-state index contributed by atoms with van der Waals surface area (Å²) in [5.41, 5.74) is 1.04. The summed E-state index contributed by atoms with van der Waals surface area (Å²) in [4.78, 5) is 39.6. The molecule has 0 N–H and O–H groups in total. The molecule has 0 radical (unpaired) electrons. The predicted molar refractivity (Wildman–Crippen MR) is 113 cm³/mol. The monoisotopic (exact) mass is 472 g/mol. The minimum atomic E-state index is -0.480. The molecule has 0 bridgehead atoms. The maximum atomic E-state index is 13.4. The molecule has 0 spiro atoms. The lowest BCUT2D eigenvalue weighted by molar-refractivity contribution is -0.155. The molecule has 1 fully saturated rings. The van der Waals surface area contributed by atoms with E-state index < -0.39 is 17.7 Å². The number of hydrazine groups is 1. The molecule has 1 aliphatic heterocycles. The smallest absolute Gasteiger partial charge is 0.272 e. The Morgan fingerprint density at radius 3 is 2.17 bits per heavy atom. The van der Waals surface area contributed by atoms with E-state index in [0.717, 1.165) is 15.0 Å². The van der Waals surface area contributed by atoms with E-state index in [4.69, 9.17) is 11.6 Å². The minimum Gasteiger partial charge on any atom is -0.272 e. The van der Waals surface area contributed by atoms with Crippen LogP contribution >= 0.6 is 27.5 Å². The van der Waals surface area contributed by atoms with E-state index in [0.29, 0.717) is 12.8 Å². The third-order valence-corrected chi connectivity index (χ3v) is 6.17. The molecule has 1 saturated heterocycles. The van der Waals surface area contributed by atoms with Crippen LogP contribution in [0.5, 0.6) is 0 Å². The van der Waals surface area contributed by atoms with Crippen LogP contribution in [-0.4, -0.2) is 27.7 Å². The van der Waals surface area contributed by atoms with Crippen molar-refractivity contribution in [3.05, 3.63) is 81.3 Å². The van der Waals surface area contributed by atoms with E-state index in [1.807, 2.05) is 36.4 Å². The van der Waals surface area contributed by atoms with Gasteiger partial charge in [0.2, 0.25) is 0 Å². The van der Waals surface area contributed by atoms with Gasteiger partial charge >= 0.3 is 0 Å². The molecule has 148 valence electrons. The van der Waals surface area contributed by atoms with Crippen molar-refractivity contribution >= 4 is 45.3 Å². The molecule has 0 aromatic heterocycles. The fraction of sp³-hybridized carbons (Fsp3) is 0.227. The van der Waals surface area contributed by atoms with Crippen molar-refractivity contribution in [3.63, 3.8) is 0 Å². The minimum absolute atomic E-state index is 0.0850. The van der Waals surface area contributed by atoms with Crippen LogP contribution in [0.15, 0.2) is 65.2 Å². The average Bonchev–Trinajstić information content (AvgIpc) is 2.98. The van der Waals surface area contributed by atoms with Crippen LogP contribution in [0.4, 0.5) is 0 Å². The second-order valence-electron chi connectivity index (χ2n) is 7.11. The van der Waals surface area contributed by atoms with Crippen molar-refractivity contribution < 1.29 is 14.4 Å². The summed E-state index contributed by atoms with van der Waals surface area (Å²) >= 11 is 9.63. The van der Waals surface area contributed by atoms with E-state index in [9.17, 15) is 14.4 Å². The Labute approximate surface area is 182 Å². The first-order valence-corrected chi connectivity index (χ1v) is 10.5. The number of allylic oxidation sites excluding steroid dienone is 2. The van der Waals surface area contributed by atoms with Gasteiger partial charge in [-0.3, -0.25) is 14.4 Å². The third kappa shape index (κ3) is 3.74. The fourth-order valence-electron chi connectivity index (χ4n) is 3.79. The summed E-state index contributed by atoms with van der Waals surface area (Å²) in [6, 6.07) is 14.0. The van der Waals surface area contributed by atoms with Gasteiger partial charge in [0.25, 0.3) is 17.7 Å². The Hall–Kier alpha value is -2.44. The molecule has 29 heavy (non-hydrogen) atoms. The van der Waals surface area contributed by atoms with Crippen molar-refractivity contribution in [2.24, 2.45) is 11.8 Å². The molecule has 5 nitrogen and oxygen atoms in total. The zero-order valence-corrected chi connectivity index (χ0v) is 17.8. The summed E-state index contributed by atoms with van der Waals surface area (Å²) in [5, 5.41) is 2.54. The number of rotatable bonds is 4. The third-order valence-electron chi connectivity index (χ3n) is 5.31. The number of hydrogen-bond donors (Lipinski definition) is 0. The molecular formula is C22H18BrClN2O3. The van der Waals surface area contributed by atoms with Crippen molar-refractivity contribution in [2.45, 2.75) is 19.4 Å². The van der Waals surface area contributed by atoms with Crippen molar-refractivity contribution in [3.8, 4) is 0 Å². The van der Waals surface area contributed by atoms with Gasteiger partial charge in [-0.1, -0.05) is 63.9 Å². The molecule has 0 unspecified atom stereocenters. The normalized spacial score (nSPS) is 20.7. The van der Waals surface area contributed by atoms with Gasteiger partial charge in [-0.05, 0) is 42.7 Å². The average molecular weight is 474 g/mol. The molecule has 7 heteroatoms. The number of nitrogens with zero attached hydrogens (tertiary/aromatic N) is 2. The summed E-state index contributed by atoms with van der Waals surface area (Å²) in [6.07, 6.45) is 4.87. The van der Waals surface area contributed by atoms with Crippen LogP contribution in [0.3, 0.4) is 0 Å². The van der Waals surface area contributed by atoms with Crippen molar-refractivity contribution in [1.29, 1.82) is 0 Å². The maximum Gasteiger partial charge on any atom is 0.274 e. The Kier molecular flexibility index (Phi) is 5.56. The molecular weight excluding hydrogens is 456 g/mol. The zero-order chi connectivity index (χ0) is 20.5. The van der Waals surface area contributed by atoms with Gasteiger partial charge in [-0.2, -0.15) is 5.01 Å². The molecule has 3 amide bonds. The summed E-state index contributed by atoms with van der Waals surface area (Å²) in [7, 11) is 0. The lowest BCUT2D eigenvalue weighted by Gasteiger charge is -2.31. The lowest BCUT2D eigenvalue weighted by Crippen LogP contribution is -2.49. The Morgan fingerprint density at radius 2 is 1.59 bits per heavy atom. The van der Waals surface area contributed by atoms with E-state index in [1.54, 1.807) is 24.3 Å². The van der Waals surface area contributed by atoms with Crippen LogP contribution in [0.2, 0.25) is 5.02 Å². The van der Waals surface area contributed by atoms with Gasteiger partial charge in [0, 0.05) is 4.47 Å². The molecule has 4 rings (SSSR count).